The van der Waals surface area contributed by atoms with Crippen LogP contribution in [0.1, 0.15) is 31.4 Å². The third kappa shape index (κ3) is 7.50. The molecule has 1 amide bonds. The number of rotatable bonds is 9. The molecule has 2 aromatic carbocycles. The molecule has 0 bridgehead atoms. The summed E-state index contributed by atoms with van der Waals surface area (Å²) >= 11 is 0. The van der Waals surface area contributed by atoms with E-state index in [4.69, 9.17) is 9.47 Å². The number of benzene rings is 2. The molecule has 0 aliphatic rings. The fraction of sp³-hybridized carbons (Fsp3) is 0.381. The zero-order valence-electron chi connectivity index (χ0n) is 15.9. The van der Waals surface area contributed by atoms with Gasteiger partial charge >= 0.3 is 6.18 Å². The van der Waals surface area contributed by atoms with Gasteiger partial charge in [-0.3, -0.25) is 4.79 Å². The Morgan fingerprint density at radius 2 is 1.79 bits per heavy atom. The van der Waals surface area contributed by atoms with E-state index < -0.39 is 11.7 Å². The molecule has 0 aromatic heterocycles. The highest BCUT2D eigenvalue weighted by molar-refractivity contribution is 5.77. The molecule has 0 spiro atoms. The summed E-state index contributed by atoms with van der Waals surface area (Å²) in [4.78, 5) is 11.8. The van der Waals surface area contributed by atoms with Gasteiger partial charge < -0.3 is 14.8 Å². The number of carbonyl (C=O) groups is 1. The van der Waals surface area contributed by atoms with Crippen LogP contribution in [0.5, 0.6) is 11.5 Å². The van der Waals surface area contributed by atoms with E-state index in [0.29, 0.717) is 6.54 Å². The molecule has 0 heterocycles. The van der Waals surface area contributed by atoms with Crippen LogP contribution in [0, 0.1) is 0 Å². The van der Waals surface area contributed by atoms with Gasteiger partial charge in [-0.25, -0.2) is 0 Å². The third-order valence-electron chi connectivity index (χ3n) is 3.77. The Morgan fingerprint density at radius 1 is 1.07 bits per heavy atom. The Balaban J connectivity index is 1.71. The number of hydrogen-bond donors (Lipinski definition) is 1. The van der Waals surface area contributed by atoms with E-state index in [1.807, 2.05) is 38.1 Å². The van der Waals surface area contributed by atoms with E-state index in [2.05, 4.69) is 5.32 Å². The molecule has 0 saturated heterocycles. The lowest BCUT2D eigenvalue weighted by atomic mass is 10.1. The van der Waals surface area contributed by atoms with Crippen molar-refractivity contribution in [1.29, 1.82) is 0 Å². The fourth-order valence-corrected chi connectivity index (χ4v) is 2.53. The van der Waals surface area contributed by atoms with Crippen LogP contribution in [0.2, 0.25) is 0 Å². The van der Waals surface area contributed by atoms with Gasteiger partial charge in [-0.05, 0) is 62.6 Å². The average Bonchev–Trinajstić information content (AvgIpc) is 2.63. The number of amides is 1. The number of halogens is 3. The second kappa shape index (κ2) is 10.0. The fourth-order valence-electron chi connectivity index (χ4n) is 2.53. The molecule has 7 heteroatoms. The van der Waals surface area contributed by atoms with E-state index >= 15 is 0 Å². The summed E-state index contributed by atoms with van der Waals surface area (Å²) in [6, 6.07) is 12.2. The standard InChI is InChI=1S/C21H24F3NO3/c1-15(2)28-19-10-3-6-16(12-19)7-5-11-25-20(26)14-27-18-9-4-8-17(13-18)21(22,23)24/h3-4,6,8-10,12-13,15H,5,7,11,14H2,1-2H3,(H,25,26). The number of alkyl halides is 3. The van der Waals surface area contributed by atoms with Crippen LogP contribution in [0.25, 0.3) is 0 Å². The van der Waals surface area contributed by atoms with Crippen molar-refractivity contribution in [2.45, 2.75) is 39.0 Å². The quantitative estimate of drug-likeness (QED) is 0.631. The highest BCUT2D eigenvalue weighted by atomic mass is 19.4. The normalized spacial score (nSPS) is 11.4. The highest BCUT2D eigenvalue weighted by Crippen LogP contribution is 2.31. The Hall–Kier alpha value is -2.70. The lowest BCUT2D eigenvalue weighted by Crippen LogP contribution is -2.29. The van der Waals surface area contributed by atoms with E-state index in [1.165, 1.54) is 12.1 Å². The van der Waals surface area contributed by atoms with Gasteiger partial charge in [0.25, 0.3) is 5.91 Å². The molecule has 0 aliphatic heterocycles. The molecule has 152 valence electrons. The van der Waals surface area contributed by atoms with Crippen LogP contribution in [-0.4, -0.2) is 25.2 Å². The molecule has 0 saturated carbocycles. The minimum Gasteiger partial charge on any atom is -0.491 e. The lowest BCUT2D eigenvalue weighted by molar-refractivity contribution is -0.137. The Morgan fingerprint density at radius 3 is 2.50 bits per heavy atom. The summed E-state index contributed by atoms with van der Waals surface area (Å²) in [6.07, 6.45) is -2.85. The molecule has 0 fully saturated rings. The van der Waals surface area contributed by atoms with E-state index in [9.17, 15) is 18.0 Å². The summed E-state index contributed by atoms with van der Waals surface area (Å²) in [6.45, 7) is 4.03. The van der Waals surface area contributed by atoms with Crippen LogP contribution in [0.3, 0.4) is 0 Å². The molecular weight excluding hydrogens is 371 g/mol. The highest BCUT2D eigenvalue weighted by Gasteiger charge is 2.30. The van der Waals surface area contributed by atoms with E-state index in [0.717, 1.165) is 36.3 Å². The second-order valence-corrected chi connectivity index (χ2v) is 6.58. The van der Waals surface area contributed by atoms with Crippen LogP contribution in [-0.2, 0) is 17.4 Å². The van der Waals surface area contributed by atoms with Crippen LogP contribution in [0.4, 0.5) is 13.2 Å². The maximum absolute atomic E-state index is 12.7. The Kier molecular flexibility index (Phi) is 7.72. The maximum Gasteiger partial charge on any atom is 0.416 e. The first-order valence-corrected chi connectivity index (χ1v) is 9.06. The van der Waals surface area contributed by atoms with Gasteiger partial charge in [-0.1, -0.05) is 18.2 Å². The Labute approximate surface area is 162 Å². The smallest absolute Gasteiger partial charge is 0.416 e. The van der Waals surface area contributed by atoms with Crippen LogP contribution < -0.4 is 14.8 Å². The monoisotopic (exact) mass is 395 g/mol. The number of nitrogens with one attached hydrogen (secondary N) is 1. The van der Waals surface area contributed by atoms with Gasteiger partial charge in [0.2, 0.25) is 0 Å². The number of aryl methyl sites for hydroxylation is 1. The molecule has 0 aliphatic carbocycles. The van der Waals surface area contributed by atoms with E-state index in [-0.39, 0.29) is 24.4 Å². The molecule has 0 atom stereocenters. The maximum atomic E-state index is 12.7. The number of carbonyl (C=O) groups excluding carboxylic acids is 1. The van der Waals surface area contributed by atoms with Crippen molar-refractivity contribution < 1.29 is 27.4 Å². The topological polar surface area (TPSA) is 47.6 Å². The van der Waals surface area contributed by atoms with Gasteiger partial charge in [0.05, 0.1) is 11.7 Å². The first-order chi connectivity index (χ1) is 13.2. The van der Waals surface area contributed by atoms with Crippen molar-refractivity contribution in [3.63, 3.8) is 0 Å². The van der Waals surface area contributed by atoms with Gasteiger partial charge in [0.15, 0.2) is 6.61 Å². The van der Waals surface area contributed by atoms with Crippen molar-refractivity contribution in [3.8, 4) is 11.5 Å². The summed E-state index contributed by atoms with van der Waals surface area (Å²) in [5.74, 6) is 0.437. The molecule has 1 N–H and O–H groups in total. The first-order valence-electron chi connectivity index (χ1n) is 9.06. The van der Waals surface area contributed by atoms with E-state index in [1.54, 1.807) is 0 Å². The van der Waals surface area contributed by atoms with Gasteiger partial charge in [-0.15, -0.1) is 0 Å². The minimum absolute atomic E-state index is 0.00643. The first kappa shape index (κ1) is 21.6. The molecule has 2 rings (SSSR count). The zero-order chi connectivity index (χ0) is 20.6. The molecule has 0 radical (unpaired) electrons. The van der Waals surface area contributed by atoms with Gasteiger partial charge in [-0.2, -0.15) is 13.2 Å². The predicted octanol–water partition coefficient (Wildman–Crippen LogP) is 4.62. The summed E-state index contributed by atoms with van der Waals surface area (Å²) < 4.78 is 48.8. The predicted molar refractivity (Wildman–Crippen MR) is 100 cm³/mol. The molecule has 0 unspecified atom stereocenters. The zero-order valence-corrected chi connectivity index (χ0v) is 15.9. The average molecular weight is 395 g/mol. The van der Waals surface area contributed by atoms with Crippen molar-refractivity contribution in [2.24, 2.45) is 0 Å². The van der Waals surface area contributed by atoms with Crippen LogP contribution in [0.15, 0.2) is 48.5 Å². The van der Waals surface area contributed by atoms with Gasteiger partial charge in [0, 0.05) is 6.54 Å². The minimum atomic E-state index is -4.45. The lowest BCUT2D eigenvalue weighted by Gasteiger charge is -2.11. The molecular formula is C21H24F3NO3. The van der Waals surface area contributed by atoms with Crippen molar-refractivity contribution in [2.75, 3.05) is 13.2 Å². The number of hydrogen-bond acceptors (Lipinski definition) is 3. The molecule has 28 heavy (non-hydrogen) atoms. The summed E-state index contributed by atoms with van der Waals surface area (Å²) in [5.41, 5.74) is 0.293. The summed E-state index contributed by atoms with van der Waals surface area (Å²) in [5, 5.41) is 2.70. The molecule has 2 aromatic rings. The molecule has 4 nitrogen and oxygen atoms in total. The van der Waals surface area contributed by atoms with Crippen molar-refractivity contribution >= 4 is 5.91 Å². The van der Waals surface area contributed by atoms with Crippen LogP contribution >= 0.6 is 0 Å². The third-order valence-corrected chi connectivity index (χ3v) is 3.77. The number of ether oxygens (including phenoxy) is 2. The van der Waals surface area contributed by atoms with Gasteiger partial charge in [0.1, 0.15) is 11.5 Å². The largest absolute Gasteiger partial charge is 0.491 e. The summed E-state index contributed by atoms with van der Waals surface area (Å²) in [7, 11) is 0. The Bertz CT molecular complexity index is 775. The van der Waals surface area contributed by atoms with Crippen molar-refractivity contribution in [1.82, 2.24) is 5.32 Å². The van der Waals surface area contributed by atoms with Crippen molar-refractivity contribution in [3.05, 3.63) is 59.7 Å². The SMILES string of the molecule is CC(C)Oc1cccc(CCCNC(=O)COc2cccc(C(F)(F)F)c2)c1. The second-order valence-electron chi connectivity index (χ2n) is 6.58.